The molecule has 0 unspecified atom stereocenters. The molecule has 0 amide bonds. The fraction of sp³-hybridized carbons (Fsp3) is 0.280. The molecular formula is C25H23FN4O6S. The molecule has 0 radical (unpaired) electrons. The molecule has 2 saturated heterocycles. The average molecular weight is 527 g/mol. The van der Waals surface area contributed by atoms with E-state index in [9.17, 15) is 17.9 Å². The number of H-pyrrole nitrogens is 1. The van der Waals surface area contributed by atoms with Crippen molar-refractivity contribution in [2.75, 3.05) is 24.2 Å². The molecule has 2 aliphatic rings. The first-order valence-corrected chi connectivity index (χ1v) is 13.4. The van der Waals surface area contributed by atoms with Gasteiger partial charge in [0.15, 0.2) is 17.8 Å². The highest BCUT2D eigenvalue weighted by atomic mass is 32.2. The number of nitrogens with zero attached hydrogens (tertiary/aromatic N) is 2. The number of ether oxygens (including phenoxy) is 3. The molecule has 4 aromatic rings. The van der Waals surface area contributed by atoms with E-state index in [1.807, 2.05) is 0 Å². The van der Waals surface area contributed by atoms with Gasteiger partial charge in [-0.3, -0.25) is 9.71 Å². The lowest BCUT2D eigenvalue weighted by Crippen LogP contribution is -2.34. The van der Waals surface area contributed by atoms with Crippen LogP contribution in [-0.2, 0) is 19.5 Å². The number of sulfonamides is 1. The summed E-state index contributed by atoms with van der Waals surface area (Å²) in [5.41, 5.74) is 3.59. The van der Waals surface area contributed by atoms with E-state index in [1.165, 1.54) is 12.3 Å². The number of aromatic amines is 1. The quantitative estimate of drug-likeness (QED) is 0.349. The number of benzene rings is 1. The normalized spacial score (nSPS) is 23.3. The molecule has 4 atom stereocenters. The molecule has 0 saturated carbocycles. The van der Waals surface area contributed by atoms with Gasteiger partial charge in [0.1, 0.15) is 24.0 Å². The van der Waals surface area contributed by atoms with Crippen molar-refractivity contribution in [2.24, 2.45) is 0 Å². The van der Waals surface area contributed by atoms with Crippen molar-refractivity contribution in [3.05, 3.63) is 60.5 Å². The van der Waals surface area contributed by atoms with Crippen LogP contribution in [0.3, 0.4) is 0 Å². The highest BCUT2D eigenvalue weighted by Crippen LogP contribution is 2.32. The minimum atomic E-state index is -3.38. The summed E-state index contributed by atoms with van der Waals surface area (Å²) in [6.45, 7) is 0.492. The molecule has 12 heteroatoms. The number of anilines is 1. The summed E-state index contributed by atoms with van der Waals surface area (Å²) in [7, 11) is -3.38. The van der Waals surface area contributed by atoms with E-state index in [2.05, 4.69) is 19.7 Å². The van der Waals surface area contributed by atoms with Crippen molar-refractivity contribution >= 4 is 26.7 Å². The molecule has 37 heavy (non-hydrogen) atoms. The maximum atomic E-state index is 15.0. The zero-order valence-electron chi connectivity index (χ0n) is 19.6. The van der Waals surface area contributed by atoms with Gasteiger partial charge in [-0.1, -0.05) is 24.3 Å². The molecule has 10 nitrogen and oxygen atoms in total. The van der Waals surface area contributed by atoms with Gasteiger partial charge in [0.2, 0.25) is 10.0 Å². The summed E-state index contributed by atoms with van der Waals surface area (Å²) in [6.07, 6.45) is 0.680. The first-order valence-electron chi connectivity index (χ1n) is 11.6. The Morgan fingerprint density at radius 1 is 1.08 bits per heavy atom. The molecule has 3 N–H and O–H groups in total. The average Bonchev–Trinajstić information content (AvgIpc) is 3.55. The minimum absolute atomic E-state index is 0.191. The highest BCUT2D eigenvalue weighted by molar-refractivity contribution is 7.92. The van der Waals surface area contributed by atoms with Gasteiger partial charge in [0.25, 0.3) is 0 Å². The second-order valence-corrected chi connectivity index (χ2v) is 10.8. The molecule has 2 fully saturated rings. The first kappa shape index (κ1) is 23.8. The van der Waals surface area contributed by atoms with E-state index in [0.29, 0.717) is 33.9 Å². The van der Waals surface area contributed by atoms with Gasteiger partial charge in [-0.15, -0.1) is 0 Å². The molecule has 3 aromatic heterocycles. The summed E-state index contributed by atoms with van der Waals surface area (Å²) in [6, 6.07) is 13.5. The van der Waals surface area contributed by atoms with Crippen LogP contribution in [0.4, 0.5) is 10.1 Å². The van der Waals surface area contributed by atoms with Crippen LogP contribution in [0.2, 0.25) is 0 Å². The Morgan fingerprint density at radius 2 is 1.84 bits per heavy atom. The lowest BCUT2D eigenvalue weighted by Gasteiger charge is -2.16. The van der Waals surface area contributed by atoms with E-state index in [4.69, 9.17) is 14.2 Å². The molecule has 6 rings (SSSR count). The molecular weight excluding hydrogens is 503 g/mol. The summed E-state index contributed by atoms with van der Waals surface area (Å²) in [4.78, 5) is 11.8. The fourth-order valence-electron chi connectivity index (χ4n) is 4.62. The number of aliphatic hydroxyl groups excluding tert-OH is 1. The van der Waals surface area contributed by atoms with Gasteiger partial charge in [-0.25, -0.2) is 17.8 Å². The Morgan fingerprint density at radius 3 is 2.57 bits per heavy atom. The van der Waals surface area contributed by atoms with Gasteiger partial charge in [0, 0.05) is 23.3 Å². The van der Waals surface area contributed by atoms with Crippen LogP contribution in [0.1, 0.15) is 0 Å². The monoisotopic (exact) mass is 526 g/mol. The zero-order chi connectivity index (χ0) is 25.7. The number of halogens is 1. The molecule has 0 spiro atoms. The molecule has 1 aromatic carbocycles. The van der Waals surface area contributed by atoms with Crippen molar-refractivity contribution in [3.63, 3.8) is 0 Å². The number of hydrogen-bond acceptors (Lipinski definition) is 8. The van der Waals surface area contributed by atoms with E-state index in [1.54, 1.807) is 42.5 Å². The third-order valence-electron chi connectivity index (χ3n) is 6.31. The van der Waals surface area contributed by atoms with Gasteiger partial charge < -0.3 is 24.3 Å². The predicted octanol–water partition coefficient (Wildman–Crippen LogP) is 2.71. The van der Waals surface area contributed by atoms with Gasteiger partial charge in [-0.05, 0) is 12.1 Å². The fourth-order valence-corrected chi connectivity index (χ4v) is 5.17. The zero-order valence-corrected chi connectivity index (χ0v) is 20.4. The SMILES string of the molecule is CS(=O)(=O)Nc1ccc(-c2ccc(-c3nc4cc(O[C@@H]5CO[C@H]6[C@@H]5OC[C@H]6O)[nH]c4cc3F)cc2)nc1. The largest absolute Gasteiger partial charge is 0.470 e. The van der Waals surface area contributed by atoms with Crippen molar-refractivity contribution in [2.45, 2.75) is 24.4 Å². The number of fused-ring (bicyclic) bond motifs is 2. The number of pyridine rings is 2. The van der Waals surface area contributed by atoms with Gasteiger partial charge in [0.05, 0.1) is 48.1 Å². The highest BCUT2D eigenvalue weighted by Gasteiger charge is 2.48. The minimum Gasteiger partial charge on any atom is -0.470 e. The van der Waals surface area contributed by atoms with E-state index in [-0.39, 0.29) is 25.0 Å². The van der Waals surface area contributed by atoms with Crippen LogP contribution in [0.5, 0.6) is 5.88 Å². The maximum Gasteiger partial charge on any atom is 0.229 e. The molecule has 0 bridgehead atoms. The summed E-state index contributed by atoms with van der Waals surface area (Å²) in [5.74, 6) is -0.0805. The summed E-state index contributed by atoms with van der Waals surface area (Å²) >= 11 is 0. The Labute approximate surface area is 211 Å². The number of aromatic nitrogens is 3. The summed E-state index contributed by atoms with van der Waals surface area (Å²) in [5, 5.41) is 9.91. The van der Waals surface area contributed by atoms with E-state index in [0.717, 1.165) is 11.8 Å². The van der Waals surface area contributed by atoms with Crippen LogP contribution in [-0.4, -0.2) is 72.4 Å². The standard InChI is InChI=1S/C25H23FN4O6S/c1-37(32,33)30-15-6-7-17(27-10-15)13-2-4-14(5-3-13)23-16(26)8-18-19(29-23)9-22(28-18)36-21-12-35-24-20(31)11-34-25(21)24/h2-10,20-21,24-25,28,30-31H,11-12H2,1H3/t20-,21-,24-,25-/m1/s1. The van der Waals surface area contributed by atoms with Crippen LogP contribution in [0.25, 0.3) is 33.5 Å². The van der Waals surface area contributed by atoms with Crippen LogP contribution in [0.15, 0.2) is 54.7 Å². The van der Waals surface area contributed by atoms with Gasteiger partial charge in [-0.2, -0.15) is 0 Å². The van der Waals surface area contributed by atoms with Crippen LogP contribution >= 0.6 is 0 Å². The predicted molar refractivity (Wildman–Crippen MR) is 133 cm³/mol. The lowest BCUT2D eigenvalue weighted by atomic mass is 10.1. The first-order chi connectivity index (χ1) is 17.7. The van der Waals surface area contributed by atoms with Crippen molar-refractivity contribution in [1.82, 2.24) is 15.0 Å². The number of aliphatic hydroxyl groups is 1. The van der Waals surface area contributed by atoms with Crippen molar-refractivity contribution < 1.29 is 32.1 Å². The smallest absolute Gasteiger partial charge is 0.229 e. The Bertz CT molecular complexity index is 1560. The molecule has 0 aliphatic carbocycles. The van der Waals surface area contributed by atoms with Crippen LogP contribution in [0, 0.1) is 5.82 Å². The second-order valence-electron chi connectivity index (χ2n) is 9.09. The molecule has 5 heterocycles. The number of nitrogens with one attached hydrogen (secondary N) is 2. The van der Waals surface area contributed by atoms with E-state index < -0.39 is 34.2 Å². The maximum absolute atomic E-state index is 15.0. The van der Waals surface area contributed by atoms with Crippen molar-refractivity contribution in [1.29, 1.82) is 0 Å². The number of hydrogen-bond donors (Lipinski definition) is 3. The van der Waals surface area contributed by atoms with E-state index >= 15 is 0 Å². The molecule has 2 aliphatic heterocycles. The van der Waals surface area contributed by atoms with Crippen molar-refractivity contribution in [3.8, 4) is 28.4 Å². The third kappa shape index (κ3) is 4.76. The Hall–Kier alpha value is -3.58. The summed E-state index contributed by atoms with van der Waals surface area (Å²) < 4.78 is 57.2. The molecule has 192 valence electrons. The Kier molecular flexibility index (Phi) is 5.83. The number of rotatable bonds is 6. The van der Waals surface area contributed by atoms with Gasteiger partial charge >= 0.3 is 0 Å². The lowest BCUT2D eigenvalue weighted by molar-refractivity contribution is 0.00794. The Balaban J connectivity index is 1.21. The second kappa shape index (κ2) is 9.06. The van der Waals surface area contributed by atoms with Crippen LogP contribution < -0.4 is 9.46 Å². The third-order valence-corrected chi connectivity index (χ3v) is 6.92. The topological polar surface area (TPSA) is 136 Å².